The summed E-state index contributed by atoms with van der Waals surface area (Å²) in [7, 11) is 0. The molecular formula is C26H38N2O. The molecule has 1 unspecified atom stereocenters. The molecule has 1 aliphatic rings. The highest BCUT2D eigenvalue weighted by Crippen LogP contribution is 2.41. The summed E-state index contributed by atoms with van der Waals surface area (Å²) in [5.74, 6) is 3.16. The van der Waals surface area contributed by atoms with Crippen LogP contribution in [0.1, 0.15) is 63.0 Å². The van der Waals surface area contributed by atoms with Crippen LogP contribution in [0.5, 0.6) is 5.75 Å². The van der Waals surface area contributed by atoms with Crippen molar-refractivity contribution in [1.82, 2.24) is 5.32 Å². The number of nitrogens with one attached hydrogen (secondary N) is 1. The van der Waals surface area contributed by atoms with Crippen LogP contribution in [0.15, 0.2) is 54.6 Å². The van der Waals surface area contributed by atoms with E-state index in [1.165, 1.54) is 36.8 Å². The third-order valence-corrected chi connectivity index (χ3v) is 6.03. The molecule has 158 valence electrons. The molecule has 0 aliphatic heterocycles. The second kappa shape index (κ2) is 11.4. The van der Waals surface area contributed by atoms with Gasteiger partial charge in [0, 0.05) is 12.0 Å². The summed E-state index contributed by atoms with van der Waals surface area (Å²) in [6.45, 7) is 7.17. The van der Waals surface area contributed by atoms with Crippen LogP contribution in [0.4, 0.5) is 0 Å². The fourth-order valence-electron chi connectivity index (χ4n) is 4.05. The monoisotopic (exact) mass is 394 g/mol. The summed E-state index contributed by atoms with van der Waals surface area (Å²) in [6.07, 6.45) is 6.29. The third-order valence-electron chi connectivity index (χ3n) is 6.03. The Hall–Kier alpha value is -1.84. The van der Waals surface area contributed by atoms with Crippen LogP contribution in [0.2, 0.25) is 0 Å². The van der Waals surface area contributed by atoms with Gasteiger partial charge in [0.1, 0.15) is 12.4 Å². The average molecular weight is 395 g/mol. The molecule has 0 heterocycles. The molecule has 2 aromatic carbocycles. The Morgan fingerprint density at radius 3 is 2.41 bits per heavy atom. The van der Waals surface area contributed by atoms with Gasteiger partial charge in [-0.25, -0.2) is 0 Å². The SMILES string of the molecule is CC(C)CCC(CCN)CCN[C@@H]1C[C@H]1c1ccc(OCc2ccccc2)cc1. The normalized spacial score (nSPS) is 19.3. The maximum atomic E-state index is 5.90. The number of nitrogens with two attached hydrogens (primary N) is 1. The van der Waals surface area contributed by atoms with Crippen molar-refractivity contribution in [2.75, 3.05) is 13.1 Å². The van der Waals surface area contributed by atoms with Gasteiger partial charge in [0.15, 0.2) is 0 Å². The summed E-state index contributed by atoms with van der Waals surface area (Å²) < 4.78 is 5.90. The predicted octanol–water partition coefficient (Wildman–Crippen LogP) is 5.50. The fourth-order valence-corrected chi connectivity index (χ4v) is 4.05. The largest absolute Gasteiger partial charge is 0.489 e. The van der Waals surface area contributed by atoms with E-state index in [9.17, 15) is 0 Å². The minimum Gasteiger partial charge on any atom is -0.489 e. The van der Waals surface area contributed by atoms with Crippen LogP contribution >= 0.6 is 0 Å². The molecule has 0 bridgehead atoms. The van der Waals surface area contributed by atoms with Crippen LogP contribution in [-0.4, -0.2) is 19.1 Å². The van der Waals surface area contributed by atoms with Crippen molar-refractivity contribution < 1.29 is 4.74 Å². The lowest BCUT2D eigenvalue weighted by Crippen LogP contribution is -2.22. The zero-order valence-corrected chi connectivity index (χ0v) is 18.1. The van der Waals surface area contributed by atoms with Crippen molar-refractivity contribution in [3.8, 4) is 5.75 Å². The van der Waals surface area contributed by atoms with Gasteiger partial charge < -0.3 is 15.8 Å². The summed E-state index contributed by atoms with van der Waals surface area (Å²) >= 11 is 0. The quantitative estimate of drug-likeness (QED) is 0.471. The van der Waals surface area contributed by atoms with Gasteiger partial charge in [-0.1, -0.05) is 69.2 Å². The van der Waals surface area contributed by atoms with Crippen molar-refractivity contribution in [3.05, 3.63) is 65.7 Å². The van der Waals surface area contributed by atoms with E-state index in [1.807, 2.05) is 18.2 Å². The Labute approximate surface area is 177 Å². The first kappa shape index (κ1) is 21.9. The molecule has 3 N–H and O–H groups in total. The molecule has 3 nitrogen and oxygen atoms in total. The van der Waals surface area contributed by atoms with E-state index < -0.39 is 0 Å². The van der Waals surface area contributed by atoms with E-state index in [-0.39, 0.29) is 0 Å². The van der Waals surface area contributed by atoms with Gasteiger partial charge in [0.25, 0.3) is 0 Å². The van der Waals surface area contributed by atoms with Crippen LogP contribution < -0.4 is 15.8 Å². The van der Waals surface area contributed by atoms with E-state index in [0.717, 1.165) is 37.1 Å². The Balaban J connectivity index is 1.37. The smallest absolute Gasteiger partial charge is 0.119 e. The summed E-state index contributed by atoms with van der Waals surface area (Å²) in [4.78, 5) is 0. The molecule has 0 aromatic heterocycles. The number of ether oxygens (including phenoxy) is 1. The minimum atomic E-state index is 0.620. The Kier molecular flexibility index (Phi) is 8.57. The molecule has 3 atom stereocenters. The Bertz CT molecular complexity index is 698. The fraction of sp³-hybridized carbons (Fsp3) is 0.538. The molecule has 3 rings (SSSR count). The lowest BCUT2D eigenvalue weighted by atomic mass is 9.92. The van der Waals surface area contributed by atoms with E-state index >= 15 is 0 Å². The lowest BCUT2D eigenvalue weighted by Gasteiger charge is -2.17. The number of hydrogen-bond donors (Lipinski definition) is 2. The molecule has 0 spiro atoms. The minimum absolute atomic E-state index is 0.620. The molecule has 0 saturated heterocycles. The van der Waals surface area contributed by atoms with Crippen LogP contribution in [0.25, 0.3) is 0 Å². The Morgan fingerprint density at radius 2 is 1.72 bits per heavy atom. The molecule has 0 radical (unpaired) electrons. The van der Waals surface area contributed by atoms with Gasteiger partial charge >= 0.3 is 0 Å². The first-order chi connectivity index (χ1) is 14.2. The predicted molar refractivity (Wildman–Crippen MR) is 122 cm³/mol. The van der Waals surface area contributed by atoms with Crippen LogP contribution in [0.3, 0.4) is 0 Å². The third kappa shape index (κ3) is 7.49. The highest BCUT2D eigenvalue weighted by atomic mass is 16.5. The molecule has 1 fully saturated rings. The zero-order valence-electron chi connectivity index (χ0n) is 18.1. The number of hydrogen-bond acceptors (Lipinski definition) is 3. The van der Waals surface area contributed by atoms with Gasteiger partial charge in [0.2, 0.25) is 0 Å². The van der Waals surface area contributed by atoms with Crippen LogP contribution in [-0.2, 0) is 6.61 Å². The van der Waals surface area contributed by atoms with Crippen molar-refractivity contribution >= 4 is 0 Å². The maximum Gasteiger partial charge on any atom is 0.119 e. The average Bonchev–Trinajstić information content (AvgIpc) is 3.51. The molecule has 0 amide bonds. The second-order valence-electron chi connectivity index (χ2n) is 8.95. The number of rotatable bonds is 13. The maximum absolute atomic E-state index is 5.90. The second-order valence-corrected chi connectivity index (χ2v) is 8.95. The van der Waals surface area contributed by atoms with Crippen molar-refractivity contribution in [2.24, 2.45) is 17.6 Å². The van der Waals surface area contributed by atoms with Gasteiger partial charge in [-0.05, 0) is 67.4 Å². The molecular weight excluding hydrogens is 356 g/mol. The van der Waals surface area contributed by atoms with Gasteiger partial charge in [-0.2, -0.15) is 0 Å². The standard InChI is InChI=1S/C26H38N2O/c1-20(2)8-9-21(14-16-27)15-17-28-26-18-25(26)23-10-12-24(13-11-23)29-19-22-6-4-3-5-7-22/h3-7,10-13,20-21,25-26,28H,8-9,14-19,27H2,1-2H3/t21?,25-,26+/m0/s1. The van der Waals surface area contributed by atoms with Crippen molar-refractivity contribution in [2.45, 2.75) is 64.5 Å². The van der Waals surface area contributed by atoms with Crippen molar-refractivity contribution in [1.29, 1.82) is 0 Å². The van der Waals surface area contributed by atoms with Gasteiger partial charge in [-0.15, -0.1) is 0 Å². The van der Waals surface area contributed by atoms with Crippen molar-refractivity contribution in [3.63, 3.8) is 0 Å². The van der Waals surface area contributed by atoms with E-state index in [1.54, 1.807) is 0 Å². The first-order valence-electron chi connectivity index (χ1n) is 11.4. The van der Waals surface area contributed by atoms with E-state index in [0.29, 0.717) is 18.6 Å². The molecule has 2 aromatic rings. The zero-order chi connectivity index (χ0) is 20.5. The highest BCUT2D eigenvalue weighted by Gasteiger charge is 2.37. The molecule has 1 saturated carbocycles. The summed E-state index contributed by atoms with van der Waals surface area (Å²) in [5, 5.41) is 3.77. The molecule has 29 heavy (non-hydrogen) atoms. The summed E-state index contributed by atoms with van der Waals surface area (Å²) in [6, 6.07) is 19.6. The topological polar surface area (TPSA) is 47.3 Å². The summed E-state index contributed by atoms with van der Waals surface area (Å²) in [5.41, 5.74) is 8.44. The van der Waals surface area contributed by atoms with Gasteiger partial charge in [0.05, 0.1) is 0 Å². The van der Waals surface area contributed by atoms with Gasteiger partial charge in [-0.3, -0.25) is 0 Å². The molecule has 3 heteroatoms. The number of benzene rings is 2. The Morgan fingerprint density at radius 1 is 0.966 bits per heavy atom. The highest BCUT2D eigenvalue weighted by molar-refractivity contribution is 5.34. The van der Waals surface area contributed by atoms with E-state index in [2.05, 4.69) is 55.6 Å². The lowest BCUT2D eigenvalue weighted by molar-refractivity contribution is 0.306. The van der Waals surface area contributed by atoms with E-state index in [4.69, 9.17) is 10.5 Å². The van der Waals surface area contributed by atoms with Crippen LogP contribution in [0, 0.1) is 11.8 Å². The molecule has 1 aliphatic carbocycles. The first-order valence-corrected chi connectivity index (χ1v) is 11.4.